The predicted octanol–water partition coefficient (Wildman–Crippen LogP) is 5.56. The van der Waals surface area contributed by atoms with Gasteiger partial charge in [0.1, 0.15) is 11.6 Å². The molecule has 0 nitrogen and oxygen atoms in total. The molecule has 0 saturated carbocycles. The summed E-state index contributed by atoms with van der Waals surface area (Å²) in [4.78, 5) is 0. The molecule has 2 rings (SSSR count). The third-order valence-electron chi connectivity index (χ3n) is 2.99. The van der Waals surface area contributed by atoms with Gasteiger partial charge < -0.3 is 0 Å². The van der Waals surface area contributed by atoms with Gasteiger partial charge in [0.2, 0.25) is 0 Å². The van der Waals surface area contributed by atoms with Crippen molar-refractivity contribution in [3.05, 3.63) is 69.2 Å². The van der Waals surface area contributed by atoms with Crippen LogP contribution in [0.1, 0.15) is 22.1 Å². The molecule has 1 atom stereocenters. The summed E-state index contributed by atoms with van der Waals surface area (Å²) in [6.07, 6.45) is 0.324. The quantitative estimate of drug-likeness (QED) is 0.639. The van der Waals surface area contributed by atoms with Crippen molar-refractivity contribution in [3.63, 3.8) is 0 Å². The van der Waals surface area contributed by atoms with Crippen LogP contribution in [0.4, 0.5) is 8.78 Å². The zero-order chi connectivity index (χ0) is 14.0. The first-order valence-corrected chi connectivity index (χ1v) is 7.04. The van der Waals surface area contributed by atoms with Crippen molar-refractivity contribution in [3.8, 4) is 0 Å². The molecule has 0 spiro atoms. The van der Waals surface area contributed by atoms with Crippen LogP contribution in [0.3, 0.4) is 0 Å². The molecule has 0 aliphatic rings. The molecule has 0 heterocycles. The monoisotopic (exact) mass is 344 g/mol. The Balaban J connectivity index is 2.25. The predicted molar refractivity (Wildman–Crippen MR) is 77.5 cm³/mol. The fourth-order valence-electron chi connectivity index (χ4n) is 1.94. The number of rotatable bonds is 3. The van der Waals surface area contributed by atoms with Gasteiger partial charge >= 0.3 is 0 Å². The molecule has 100 valence electrons. The molecule has 0 radical (unpaired) electrons. The van der Waals surface area contributed by atoms with E-state index in [1.54, 1.807) is 0 Å². The molecule has 2 aromatic carbocycles. The number of hydrogen-bond acceptors (Lipinski definition) is 0. The van der Waals surface area contributed by atoms with Gasteiger partial charge in [-0.05, 0) is 48.2 Å². The van der Waals surface area contributed by atoms with Gasteiger partial charge in [-0.2, -0.15) is 0 Å². The largest absolute Gasteiger partial charge is 0.207 e. The minimum Gasteiger partial charge on any atom is -0.207 e. The Kier molecular flexibility index (Phi) is 4.58. The maximum Gasteiger partial charge on any atom is 0.129 e. The van der Waals surface area contributed by atoms with Crippen LogP contribution in [-0.2, 0) is 6.42 Å². The lowest BCUT2D eigenvalue weighted by Gasteiger charge is -2.14. The van der Waals surface area contributed by atoms with E-state index in [0.29, 0.717) is 12.0 Å². The van der Waals surface area contributed by atoms with Crippen LogP contribution < -0.4 is 0 Å². The van der Waals surface area contributed by atoms with Crippen LogP contribution in [0.25, 0.3) is 0 Å². The SMILES string of the molecule is Cc1ccc(Br)cc1C(Cl)Cc1ccc(F)cc1F. The van der Waals surface area contributed by atoms with E-state index in [9.17, 15) is 8.78 Å². The van der Waals surface area contributed by atoms with Gasteiger partial charge in [0.15, 0.2) is 0 Å². The molecular weight excluding hydrogens is 334 g/mol. The summed E-state index contributed by atoms with van der Waals surface area (Å²) in [5, 5.41) is -0.350. The zero-order valence-corrected chi connectivity index (χ0v) is 12.6. The van der Waals surface area contributed by atoms with Crippen molar-refractivity contribution >= 4 is 27.5 Å². The maximum atomic E-state index is 13.6. The van der Waals surface area contributed by atoms with E-state index in [0.717, 1.165) is 21.7 Å². The van der Waals surface area contributed by atoms with E-state index >= 15 is 0 Å². The first-order valence-electron chi connectivity index (χ1n) is 5.81. The fraction of sp³-hybridized carbons (Fsp3) is 0.200. The van der Waals surface area contributed by atoms with Crippen molar-refractivity contribution in [2.75, 3.05) is 0 Å². The molecule has 0 fully saturated rings. The van der Waals surface area contributed by atoms with Crippen LogP contribution in [-0.4, -0.2) is 0 Å². The van der Waals surface area contributed by atoms with E-state index in [1.807, 2.05) is 25.1 Å². The minimum atomic E-state index is -0.578. The summed E-state index contributed by atoms with van der Waals surface area (Å²) in [5.74, 6) is -1.13. The lowest BCUT2D eigenvalue weighted by molar-refractivity contribution is 0.570. The summed E-state index contributed by atoms with van der Waals surface area (Å²) in [6, 6.07) is 9.38. The number of benzene rings is 2. The average Bonchev–Trinajstić information content (AvgIpc) is 2.35. The number of hydrogen-bond donors (Lipinski definition) is 0. The van der Waals surface area contributed by atoms with Crippen LogP contribution in [0.15, 0.2) is 40.9 Å². The summed E-state index contributed by atoms with van der Waals surface area (Å²) in [7, 11) is 0. The van der Waals surface area contributed by atoms with Crippen molar-refractivity contribution in [1.29, 1.82) is 0 Å². The third kappa shape index (κ3) is 3.54. The molecule has 19 heavy (non-hydrogen) atoms. The minimum absolute atomic E-state index is 0.324. The second-order valence-electron chi connectivity index (χ2n) is 4.41. The van der Waals surface area contributed by atoms with Gasteiger partial charge in [-0.25, -0.2) is 8.78 Å². The molecule has 0 aliphatic carbocycles. The van der Waals surface area contributed by atoms with Crippen molar-refractivity contribution in [2.24, 2.45) is 0 Å². The molecule has 1 unspecified atom stereocenters. The highest BCUT2D eigenvalue weighted by Crippen LogP contribution is 2.30. The summed E-state index contributed by atoms with van der Waals surface area (Å²) < 4.78 is 27.4. The molecule has 4 heteroatoms. The number of aryl methyl sites for hydroxylation is 1. The molecular formula is C15H12BrClF2. The van der Waals surface area contributed by atoms with Gasteiger partial charge in [0.25, 0.3) is 0 Å². The zero-order valence-electron chi connectivity index (χ0n) is 10.3. The second-order valence-corrected chi connectivity index (χ2v) is 5.85. The van der Waals surface area contributed by atoms with E-state index in [4.69, 9.17) is 11.6 Å². The van der Waals surface area contributed by atoms with Crippen LogP contribution in [0.5, 0.6) is 0 Å². The highest BCUT2D eigenvalue weighted by Gasteiger charge is 2.14. The topological polar surface area (TPSA) is 0 Å². The lowest BCUT2D eigenvalue weighted by Crippen LogP contribution is -2.01. The Hall–Kier alpha value is -0.930. The van der Waals surface area contributed by atoms with E-state index < -0.39 is 11.6 Å². The summed E-state index contributed by atoms with van der Waals surface area (Å²) >= 11 is 9.74. The normalized spacial score (nSPS) is 12.5. The van der Waals surface area contributed by atoms with Crippen molar-refractivity contribution in [2.45, 2.75) is 18.7 Å². The van der Waals surface area contributed by atoms with Crippen molar-refractivity contribution in [1.82, 2.24) is 0 Å². The van der Waals surface area contributed by atoms with Crippen molar-refractivity contribution < 1.29 is 8.78 Å². The molecule has 0 aromatic heterocycles. The molecule has 0 saturated heterocycles. The van der Waals surface area contributed by atoms with E-state index in [-0.39, 0.29) is 5.38 Å². The van der Waals surface area contributed by atoms with Gasteiger partial charge in [-0.15, -0.1) is 11.6 Å². The maximum absolute atomic E-state index is 13.6. The van der Waals surface area contributed by atoms with Crippen LogP contribution in [0, 0.1) is 18.6 Å². The van der Waals surface area contributed by atoms with Gasteiger partial charge in [0.05, 0.1) is 5.38 Å². The first-order chi connectivity index (χ1) is 8.97. The third-order valence-corrected chi connectivity index (χ3v) is 3.88. The van der Waals surface area contributed by atoms with Gasteiger partial charge in [-0.1, -0.05) is 28.1 Å². The number of alkyl halides is 1. The fourth-order valence-corrected chi connectivity index (χ4v) is 2.72. The average molecular weight is 346 g/mol. The Labute approximate surface area is 124 Å². The molecule has 0 aliphatic heterocycles. The van der Waals surface area contributed by atoms with Crippen LogP contribution >= 0.6 is 27.5 Å². The molecule has 0 amide bonds. The smallest absolute Gasteiger partial charge is 0.129 e. The molecule has 0 bridgehead atoms. The van der Waals surface area contributed by atoms with Crippen LogP contribution in [0.2, 0.25) is 0 Å². The summed E-state index contributed by atoms with van der Waals surface area (Å²) in [5.41, 5.74) is 2.41. The standard InChI is InChI=1S/C15H12BrClF2/c1-9-2-4-11(16)7-13(9)14(17)6-10-3-5-12(18)8-15(10)19/h2-5,7-8,14H,6H2,1H3. The highest BCUT2D eigenvalue weighted by atomic mass is 79.9. The Morgan fingerprint density at radius 1 is 1.16 bits per heavy atom. The lowest BCUT2D eigenvalue weighted by atomic mass is 10.00. The van der Waals surface area contributed by atoms with Gasteiger partial charge in [-0.3, -0.25) is 0 Å². The second kappa shape index (κ2) is 6.02. The number of halogens is 4. The Morgan fingerprint density at radius 2 is 1.89 bits per heavy atom. The Morgan fingerprint density at radius 3 is 2.58 bits per heavy atom. The summed E-state index contributed by atoms with van der Waals surface area (Å²) in [6.45, 7) is 1.96. The van der Waals surface area contributed by atoms with Gasteiger partial charge in [0, 0.05) is 10.5 Å². The van der Waals surface area contributed by atoms with E-state index in [2.05, 4.69) is 15.9 Å². The highest BCUT2D eigenvalue weighted by molar-refractivity contribution is 9.10. The molecule has 0 N–H and O–H groups in total. The first kappa shape index (κ1) is 14.5. The van der Waals surface area contributed by atoms with E-state index in [1.165, 1.54) is 12.1 Å². The Bertz CT molecular complexity index is 599. The molecule has 2 aromatic rings.